The van der Waals surface area contributed by atoms with E-state index in [0.29, 0.717) is 12.1 Å². The fraction of sp³-hybridized carbons (Fsp3) is 0.421. The van der Waals surface area contributed by atoms with Gasteiger partial charge >= 0.3 is 0 Å². The zero-order chi connectivity index (χ0) is 18.1. The molecule has 0 radical (unpaired) electrons. The highest BCUT2D eigenvalue weighted by atomic mass is 16.2. The summed E-state index contributed by atoms with van der Waals surface area (Å²) in [6.45, 7) is 5.28. The Hall–Kier alpha value is -2.63. The smallest absolute Gasteiger partial charge is 0.251 e. The summed E-state index contributed by atoms with van der Waals surface area (Å²) >= 11 is 0. The molecule has 1 aromatic carbocycles. The standard InChI is InChI=1S/C19H26N4O2/c1-3-15(2)17(22-18(24)16-9-5-4-6-10-16)19(25)20-11-7-13-23-14-8-12-21-23/h4-6,8-10,12,14-15,17H,3,7,11,13H2,1-2H3,(H,20,25)(H,22,24)/t15-,17+/m1/s1. The molecule has 0 saturated carbocycles. The molecule has 25 heavy (non-hydrogen) atoms. The first-order valence-electron chi connectivity index (χ1n) is 8.73. The van der Waals surface area contributed by atoms with Crippen LogP contribution in [0.2, 0.25) is 0 Å². The van der Waals surface area contributed by atoms with Crippen LogP contribution in [-0.4, -0.2) is 34.2 Å². The van der Waals surface area contributed by atoms with Crippen molar-refractivity contribution in [3.63, 3.8) is 0 Å². The first kappa shape index (κ1) is 18.7. The molecule has 2 aromatic rings. The van der Waals surface area contributed by atoms with Gasteiger partial charge < -0.3 is 10.6 Å². The van der Waals surface area contributed by atoms with Crippen LogP contribution in [0.4, 0.5) is 0 Å². The molecule has 0 fully saturated rings. The summed E-state index contributed by atoms with van der Waals surface area (Å²) in [6, 6.07) is 10.3. The van der Waals surface area contributed by atoms with Crippen molar-refractivity contribution in [1.29, 1.82) is 0 Å². The average molecular weight is 342 g/mol. The zero-order valence-corrected chi connectivity index (χ0v) is 14.8. The second-order valence-corrected chi connectivity index (χ2v) is 6.12. The lowest BCUT2D eigenvalue weighted by atomic mass is 9.98. The molecule has 0 unspecified atom stereocenters. The van der Waals surface area contributed by atoms with Crippen LogP contribution in [0, 0.1) is 5.92 Å². The molecule has 2 atom stereocenters. The van der Waals surface area contributed by atoms with Crippen molar-refractivity contribution in [3.05, 3.63) is 54.4 Å². The molecular weight excluding hydrogens is 316 g/mol. The van der Waals surface area contributed by atoms with Crippen LogP contribution >= 0.6 is 0 Å². The van der Waals surface area contributed by atoms with Crippen molar-refractivity contribution in [1.82, 2.24) is 20.4 Å². The van der Waals surface area contributed by atoms with Crippen molar-refractivity contribution < 1.29 is 9.59 Å². The Labute approximate surface area is 148 Å². The van der Waals surface area contributed by atoms with E-state index < -0.39 is 6.04 Å². The SMILES string of the molecule is CC[C@@H](C)[C@H](NC(=O)c1ccccc1)C(=O)NCCCn1cccn1. The lowest BCUT2D eigenvalue weighted by Gasteiger charge is -2.23. The minimum Gasteiger partial charge on any atom is -0.354 e. The minimum absolute atomic E-state index is 0.0544. The number of hydrogen-bond acceptors (Lipinski definition) is 3. The summed E-state index contributed by atoms with van der Waals surface area (Å²) in [5.41, 5.74) is 0.558. The summed E-state index contributed by atoms with van der Waals surface area (Å²) < 4.78 is 1.83. The molecule has 0 saturated heterocycles. The number of aromatic nitrogens is 2. The van der Waals surface area contributed by atoms with Gasteiger partial charge in [-0.1, -0.05) is 38.5 Å². The summed E-state index contributed by atoms with van der Waals surface area (Å²) in [4.78, 5) is 24.9. The maximum absolute atomic E-state index is 12.5. The Morgan fingerprint density at radius 2 is 1.96 bits per heavy atom. The molecule has 0 aliphatic carbocycles. The molecule has 6 heteroatoms. The van der Waals surface area contributed by atoms with E-state index in [-0.39, 0.29) is 17.7 Å². The number of nitrogens with zero attached hydrogens (tertiary/aromatic N) is 2. The maximum atomic E-state index is 12.5. The number of hydrogen-bond donors (Lipinski definition) is 2. The second kappa shape index (κ2) is 9.61. The minimum atomic E-state index is -0.539. The lowest BCUT2D eigenvalue weighted by Crippen LogP contribution is -2.50. The number of carbonyl (C=O) groups excluding carboxylic acids is 2. The van der Waals surface area contributed by atoms with Gasteiger partial charge in [0, 0.05) is 31.0 Å². The van der Waals surface area contributed by atoms with Crippen molar-refractivity contribution in [2.45, 2.75) is 39.3 Å². The van der Waals surface area contributed by atoms with Crippen LogP contribution < -0.4 is 10.6 Å². The van der Waals surface area contributed by atoms with E-state index in [1.165, 1.54) is 0 Å². The number of aryl methyl sites for hydroxylation is 1. The van der Waals surface area contributed by atoms with Gasteiger partial charge in [0.25, 0.3) is 5.91 Å². The second-order valence-electron chi connectivity index (χ2n) is 6.12. The molecule has 0 spiro atoms. The lowest BCUT2D eigenvalue weighted by molar-refractivity contribution is -0.124. The van der Waals surface area contributed by atoms with Crippen LogP contribution in [0.1, 0.15) is 37.0 Å². The number of benzene rings is 1. The van der Waals surface area contributed by atoms with E-state index in [0.717, 1.165) is 19.4 Å². The highest BCUT2D eigenvalue weighted by Gasteiger charge is 2.25. The first-order chi connectivity index (χ1) is 12.1. The Morgan fingerprint density at radius 1 is 1.20 bits per heavy atom. The maximum Gasteiger partial charge on any atom is 0.251 e. The fourth-order valence-corrected chi connectivity index (χ4v) is 2.51. The van der Waals surface area contributed by atoms with Gasteiger partial charge in [-0.05, 0) is 30.5 Å². The molecule has 0 bridgehead atoms. The van der Waals surface area contributed by atoms with E-state index in [1.807, 2.05) is 49.0 Å². The van der Waals surface area contributed by atoms with Gasteiger partial charge in [-0.3, -0.25) is 14.3 Å². The Balaban J connectivity index is 1.87. The summed E-state index contributed by atoms with van der Waals surface area (Å²) in [7, 11) is 0. The fourth-order valence-electron chi connectivity index (χ4n) is 2.51. The van der Waals surface area contributed by atoms with Gasteiger partial charge in [0.15, 0.2) is 0 Å². The summed E-state index contributed by atoms with van der Waals surface area (Å²) in [5.74, 6) is -0.310. The van der Waals surface area contributed by atoms with Gasteiger partial charge in [0.2, 0.25) is 5.91 Å². The number of amides is 2. The van der Waals surface area contributed by atoms with E-state index in [9.17, 15) is 9.59 Å². The average Bonchev–Trinajstić information content (AvgIpc) is 3.16. The normalized spacial score (nSPS) is 13.0. The molecule has 1 aromatic heterocycles. The van der Waals surface area contributed by atoms with Gasteiger partial charge in [-0.2, -0.15) is 5.10 Å². The van der Waals surface area contributed by atoms with Crippen LogP contribution in [0.15, 0.2) is 48.8 Å². The third-order valence-corrected chi connectivity index (χ3v) is 4.24. The Morgan fingerprint density at radius 3 is 2.60 bits per heavy atom. The monoisotopic (exact) mass is 342 g/mol. The predicted octanol–water partition coefficient (Wildman–Crippen LogP) is 2.23. The molecule has 2 rings (SSSR count). The van der Waals surface area contributed by atoms with Crippen molar-refractivity contribution >= 4 is 11.8 Å². The predicted molar refractivity (Wildman–Crippen MR) is 97.0 cm³/mol. The highest BCUT2D eigenvalue weighted by molar-refractivity contribution is 5.97. The Bertz CT molecular complexity index is 655. The molecule has 0 aliphatic heterocycles. The third-order valence-electron chi connectivity index (χ3n) is 4.24. The molecule has 2 amide bonds. The molecule has 134 valence electrons. The number of nitrogens with one attached hydrogen (secondary N) is 2. The Kier molecular flexibility index (Phi) is 7.19. The number of carbonyl (C=O) groups is 2. The first-order valence-corrected chi connectivity index (χ1v) is 8.73. The van der Waals surface area contributed by atoms with Crippen LogP contribution in [0.25, 0.3) is 0 Å². The van der Waals surface area contributed by atoms with E-state index in [2.05, 4.69) is 15.7 Å². The highest BCUT2D eigenvalue weighted by Crippen LogP contribution is 2.09. The van der Waals surface area contributed by atoms with Crippen molar-refractivity contribution in [2.75, 3.05) is 6.54 Å². The summed E-state index contributed by atoms with van der Waals surface area (Å²) in [5, 5.41) is 9.92. The van der Waals surface area contributed by atoms with Crippen molar-refractivity contribution in [3.8, 4) is 0 Å². The topological polar surface area (TPSA) is 76.0 Å². The van der Waals surface area contributed by atoms with Gasteiger partial charge in [-0.15, -0.1) is 0 Å². The molecule has 6 nitrogen and oxygen atoms in total. The molecular formula is C19H26N4O2. The quantitative estimate of drug-likeness (QED) is 0.686. The molecule has 2 N–H and O–H groups in total. The molecule has 0 aliphatic rings. The zero-order valence-electron chi connectivity index (χ0n) is 14.8. The van der Waals surface area contributed by atoms with Gasteiger partial charge in [-0.25, -0.2) is 0 Å². The van der Waals surface area contributed by atoms with Gasteiger partial charge in [0.05, 0.1) is 0 Å². The van der Waals surface area contributed by atoms with E-state index in [4.69, 9.17) is 0 Å². The van der Waals surface area contributed by atoms with Crippen LogP contribution in [-0.2, 0) is 11.3 Å². The van der Waals surface area contributed by atoms with E-state index in [1.54, 1.807) is 18.3 Å². The third kappa shape index (κ3) is 5.74. The number of rotatable bonds is 9. The van der Waals surface area contributed by atoms with Crippen molar-refractivity contribution in [2.24, 2.45) is 5.92 Å². The van der Waals surface area contributed by atoms with Gasteiger partial charge in [0.1, 0.15) is 6.04 Å². The van der Waals surface area contributed by atoms with E-state index >= 15 is 0 Å². The largest absolute Gasteiger partial charge is 0.354 e. The summed E-state index contributed by atoms with van der Waals surface area (Å²) in [6.07, 6.45) is 5.22. The molecule has 1 heterocycles. The van der Waals surface area contributed by atoms with Crippen LogP contribution in [0.5, 0.6) is 0 Å². The van der Waals surface area contributed by atoms with Crippen LogP contribution in [0.3, 0.4) is 0 Å².